The average Bonchev–Trinajstić information content (AvgIpc) is 2.66. The fraction of sp³-hybridized carbons (Fsp3) is 0.933. The van der Waals surface area contributed by atoms with Crippen LogP contribution >= 0.6 is 0 Å². The van der Waals surface area contributed by atoms with Crippen molar-refractivity contribution in [3.05, 3.63) is 0 Å². The summed E-state index contributed by atoms with van der Waals surface area (Å²) in [7, 11) is 1.83. The highest BCUT2D eigenvalue weighted by Crippen LogP contribution is 2.16. The third-order valence-electron chi connectivity index (χ3n) is 3.93. The molecule has 1 fully saturated rings. The van der Waals surface area contributed by atoms with Gasteiger partial charge in [0.2, 0.25) is 0 Å². The molecule has 0 amide bonds. The third kappa shape index (κ3) is 5.81. The number of guanidine groups is 1. The van der Waals surface area contributed by atoms with E-state index in [9.17, 15) is 0 Å². The first-order valence-corrected chi connectivity index (χ1v) is 7.87. The second kappa shape index (κ2) is 9.18. The van der Waals surface area contributed by atoms with E-state index in [0.717, 1.165) is 19.0 Å². The van der Waals surface area contributed by atoms with E-state index in [0.29, 0.717) is 12.0 Å². The molecule has 4 heteroatoms. The van der Waals surface area contributed by atoms with E-state index in [4.69, 9.17) is 0 Å². The molecule has 112 valence electrons. The van der Waals surface area contributed by atoms with Crippen molar-refractivity contribution < 1.29 is 0 Å². The maximum atomic E-state index is 4.25. The predicted octanol–water partition coefficient (Wildman–Crippen LogP) is 2.07. The highest BCUT2D eigenvalue weighted by atomic mass is 15.2. The van der Waals surface area contributed by atoms with E-state index < -0.39 is 0 Å². The van der Waals surface area contributed by atoms with Crippen LogP contribution in [0.2, 0.25) is 0 Å². The van der Waals surface area contributed by atoms with Crippen LogP contribution in [0.25, 0.3) is 0 Å². The minimum Gasteiger partial charge on any atom is -0.357 e. The molecule has 0 radical (unpaired) electrons. The number of hydrogen-bond donors (Lipinski definition) is 2. The minimum absolute atomic E-state index is 0.605. The number of aliphatic imine (C=N–C) groups is 1. The van der Waals surface area contributed by atoms with E-state index in [1.54, 1.807) is 0 Å². The lowest BCUT2D eigenvalue weighted by atomic mass is 10.0. The maximum Gasteiger partial charge on any atom is 0.191 e. The summed E-state index contributed by atoms with van der Waals surface area (Å²) in [6.45, 7) is 11.2. The van der Waals surface area contributed by atoms with Gasteiger partial charge in [-0.05, 0) is 38.8 Å². The SMILES string of the molecule is CCNC(=NC)NCC(C(C)C)N1CCCCCC1. The van der Waals surface area contributed by atoms with Gasteiger partial charge in [-0.2, -0.15) is 0 Å². The Morgan fingerprint density at radius 1 is 1.11 bits per heavy atom. The van der Waals surface area contributed by atoms with Crippen LogP contribution in [0.3, 0.4) is 0 Å². The summed E-state index contributed by atoms with van der Waals surface area (Å²) in [4.78, 5) is 6.92. The quantitative estimate of drug-likeness (QED) is 0.592. The summed E-state index contributed by atoms with van der Waals surface area (Å²) in [6, 6.07) is 0.605. The lowest BCUT2D eigenvalue weighted by Gasteiger charge is -2.34. The van der Waals surface area contributed by atoms with E-state index in [2.05, 4.69) is 41.3 Å². The standard InChI is InChI=1S/C15H32N4/c1-5-17-15(16-4)18-12-14(13(2)3)19-10-8-6-7-9-11-19/h13-14H,5-12H2,1-4H3,(H2,16,17,18). The molecular weight excluding hydrogens is 236 g/mol. The Bertz CT molecular complexity index is 255. The summed E-state index contributed by atoms with van der Waals surface area (Å²) in [5.41, 5.74) is 0. The van der Waals surface area contributed by atoms with Crippen LogP contribution in [0.5, 0.6) is 0 Å². The molecule has 1 aliphatic rings. The lowest BCUT2D eigenvalue weighted by Crippen LogP contribution is -2.49. The topological polar surface area (TPSA) is 39.7 Å². The van der Waals surface area contributed by atoms with Gasteiger partial charge in [-0.3, -0.25) is 9.89 Å². The van der Waals surface area contributed by atoms with Crippen molar-refractivity contribution in [1.29, 1.82) is 0 Å². The zero-order chi connectivity index (χ0) is 14.1. The van der Waals surface area contributed by atoms with Gasteiger partial charge in [0.1, 0.15) is 0 Å². The molecule has 1 unspecified atom stereocenters. The largest absolute Gasteiger partial charge is 0.357 e. The van der Waals surface area contributed by atoms with E-state index >= 15 is 0 Å². The van der Waals surface area contributed by atoms with E-state index in [1.165, 1.54) is 38.8 Å². The zero-order valence-corrected chi connectivity index (χ0v) is 13.2. The lowest BCUT2D eigenvalue weighted by molar-refractivity contribution is 0.161. The van der Waals surface area contributed by atoms with Crippen molar-refractivity contribution in [3.63, 3.8) is 0 Å². The van der Waals surface area contributed by atoms with Gasteiger partial charge in [-0.1, -0.05) is 26.7 Å². The van der Waals surface area contributed by atoms with Crippen molar-refractivity contribution in [2.75, 3.05) is 33.2 Å². The fourth-order valence-electron chi connectivity index (χ4n) is 2.80. The van der Waals surface area contributed by atoms with Gasteiger partial charge in [0.25, 0.3) is 0 Å². The van der Waals surface area contributed by atoms with Gasteiger partial charge in [-0.25, -0.2) is 0 Å². The first kappa shape index (κ1) is 16.3. The van der Waals surface area contributed by atoms with Crippen LogP contribution in [0.1, 0.15) is 46.5 Å². The molecule has 2 N–H and O–H groups in total. The molecule has 0 spiro atoms. The summed E-state index contributed by atoms with van der Waals surface area (Å²) >= 11 is 0. The molecule has 0 bridgehead atoms. The Labute approximate surface area is 119 Å². The number of nitrogens with zero attached hydrogens (tertiary/aromatic N) is 2. The van der Waals surface area contributed by atoms with Gasteiger partial charge in [0.05, 0.1) is 0 Å². The average molecular weight is 268 g/mol. The molecular formula is C15H32N4. The van der Waals surface area contributed by atoms with Gasteiger partial charge >= 0.3 is 0 Å². The zero-order valence-electron chi connectivity index (χ0n) is 13.2. The smallest absolute Gasteiger partial charge is 0.191 e. The Morgan fingerprint density at radius 2 is 1.74 bits per heavy atom. The number of nitrogens with one attached hydrogen (secondary N) is 2. The molecule has 19 heavy (non-hydrogen) atoms. The number of rotatable bonds is 5. The Balaban J connectivity index is 2.51. The van der Waals surface area contributed by atoms with E-state index in [1.807, 2.05) is 7.05 Å². The predicted molar refractivity (Wildman–Crippen MR) is 83.7 cm³/mol. The normalized spacial score (nSPS) is 20.2. The van der Waals surface area contributed by atoms with Gasteiger partial charge in [-0.15, -0.1) is 0 Å². The number of likely N-dealkylation sites (tertiary alicyclic amines) is 1. The van der Waals surface area contributed by atoms with Crippen LogP contribution in [0, 0.1) is 5.92 Å². The molecule has 4 nitrogen and oxygen atoms in total. The summed E-state index contributed by atoms with van der Waals surface area (Å²) in [5, 5.41) is 6.73. The summed E-state index contributed by atoms with van der Waals surface area (Å²) in [6.07, 6.45) is 5.50. The second-order valence-corrected chi connectivity index (χ2v) is 5.74. The summed E-state index contributed by atoms with van der Waals surface area (Å²) in [5.74, 6) is 1.59. The molecule has 0 aromatic rings. The minimum atomic E-state index is 0.605. The molecule has 0 aromatic heterocycles. The first-order valence-electron chi connectivity index (χ1n) is 7.87. The molecule has 1 aliphatic heterocycles. The Morgan fingerprint density at radius 3 is 2.21 bits per heavy atom. The molecule has 0 saturated carbocycles. The maximum absolute atomic E-state index is 4.25. The fourth-order valence-corrected chi connectivity index (χ4v) is 2.80. The van der Waals surface area contributed by atoms with Crippen LogP contribution in [-0.2, 0) is 0 Å². The highest BCUT2D eigenvalue weighted by Gasteiger charge is 2.22. The first-order chi connectivity index (χ1) is 9.19. The van der Waals surface area contributed by atoms with Crippen molar-refractivity contribution in [1.82, 2.24) is 15.5 Å². The van der Waals surface area contributed by atoms with Crippen molar-refractivity contribution in [2.24, 2.45) is 10.9 Å². The number of hydrogen-bond acceptors (Lipinski definition) is 2. The van der Waals surface area contributed by atoms with Gasteiger partial charge in [0, 0.05) is 26.2 Å². The second-order valence-electron chi connectivity index (χ2n) is 5.74. The molecule has 1 saturated heterocycles. The van der Waals surface area contributed by atoms with Crippen LogP contribution in [-0.4, -0.2) is 50.1 Å². The van der Waals surface area contributed by atoms with Crippen LogP contribution < -0.4 is 10.6 Å². The molecule has 1 rings (SSSR count). The van der Waals surface area contributed by atoms with Crippen LogP contribution in [0.15, 0.2) is 4.99 Å². The van der Waals surface area contributed by atoms with E-state index in [-0.39, 0.29) is 0 Å². The molecule has 0 aromatic carbocycles. The molecule has 1 atom stereocenters. The van der Waals surface area contributed by atoms with Crippen molar-refractivity contribution in [3.8, 4) is 0 Å². The van der Waals surface area contributed by atoms with Gasteiger partial charge < -0.3 is 10.6 Å². The summed E-state index contributed by atoms with van der Waals surface area (Å²) < 4.78 is 0. The van der Waals surface area contributed by atoms with Gasteiger partial charge in [0.15, 0.2) is 5.96 Å². The monoisotopic (exact) mass is 268 g/mol. The van der Waals surface area contributed by atoms with Crippen molar-refractivity contribution >= 4 is 5.96 Å². The van der Waals surface area contributed by atoms with Crippen LogP contribution in [0.4, 0.5) is 0 Å². The Hall–Kier alpha value is -0.770. The van der Waals surface area contributed by atoms with Crippen molar-refractivity contribution in [2.45, 2.75) is 52.5 Å². The molecule has 0 aliphatic carbocycles. The third-order valence-corrected chi connectivity index (χ3v) is 3.93. The Kier molecular flexibility index (Phi) is 7.87. The molecule has 1 heterocycles. The highest BCUT2D eigenvalue weighted by molar-refractivity contribution is 5.79.